The number of hydrogen-bond acceptors (Lipinski definition) is 3. The van der Waals surface area contributed by atoms with E-state index in [4.69, 9.17) is 10.00 Å². The first-order chi connectivity index (χ1) is 10.7. The number of ether oxygens (including phenoxy) is 1. The standard InChI is InChI=1S/C18H24N2O2/c1-14-7-9-17(10-8-14)22-11-3-6-18(21)20-16-5-2-4-15(12-16)13-19/h2,4-5,12,14,17H,3,6-11H2,1H3,(H,20,21). The number of anilines is 1. The monoisotopic (exact) mass is 300 g/mol. The Morgan fingerprint density at radius 2 is 2.14 bits per heavy atom. The molecular weight excluding hydrogens is 276 g/mol. The Morgan fingerprint density at radius 1 is 1.36 bits per heavy atom. The first-order valence-electron chi connectivity index (χ1n) is 8.09. The topological polar surface area (TPSA) is 62.1 Å². The van der Waals surface area contributed by atoms with E-state index in [9.17, 15) is 4.79 Å². The predicted octanol–water partition coefficient (Wildman–Crippen LogP) is 3.87. The molecule has 0 aromatic heterocycles. The molecular formula is C18H24N2O2. The van der Waals surface area contributed by atoms with Crippen LogP contribution in [0.4, 0.5) is 5.69 Å². The van der Waals surface area contributed by atoms with Crippen LogP contribution in [0.15, 0.2) is 24.3 Å². The Hall–Kier alpha value is -1.86. The molecule has 2 rings (SSSR count). The fourth-order valence-corrected chi connectivity index (χ4v) is 2.77. The van der Waals surface area contributed by atoms with Crippen molar-refractivity contribution < 1.29 is 9.53 Å². The van der Waals surface area contributed by atoms with Crippen molar-refractivity contribution >= 4 is 11.6 Å². The number of hydrogen-bond donors (Lipinski definition) is 1. The molecule has 1 aromatic rings. The first kappa shape index (κ1) is 16.5. The summed E-state index contributed by atoms with van der Waals surface area (Å²) in [6.45, 7) is 2.94. The quantitative estimate of drug-likeness (QED) is 0.811. The summed E-state index contributed by atoms with van der Waals surface area (Å²) in [6.07, 6.45) is 6.35. The molecule has 118 valence electrons. The maximum absolute atomic E-state index is 11.9. The summed E-state index contributed by atoms with van der Waals surface area (Å²) in [5.41, 5.74) is 1.22. The number of nitrogens with zero attached hydrogens (tertiary/aromatic N) is 1. The van der Waals surface area contributed by atoms with E-state index in [1.54, 1.807) is 24.3 Å². The number of benzene rings is 1. The Bertz CT molecular complexity index is 528. The Kier molecular flexibility index (Phi) is 6.42. The van der Waals surface area contributed by atoms with Crippen LogP contribution in [0.3, 0.4) is 0 Å². The highest BCUT2D eigenvalue weighted by Gasteiger charge is 2.18. The van der Waals surface area contributed by atoms with Crippen molar-refractivity contribution in [1.29, 1.82) is 5.26 Å². The summed E-state index contributed by atoms with van der Waals surface area (Å²) in [6, 6.07) is 9.01. The molecule has 1 aliphatic carbocycles. The summed E-state index contributed by atoms with van der Waals surface area (Å²) in [5, 5.41) is 11.6. The summed E-state index contributed by atoms with van der Waals surface area (Å²) in [7, 11) is 0. The summed E-state index contributed by atoms with van der Waals surface area (Å²) in [5.74, 6) is 0.797. The zero-order valence-electron chi connectivity index (χ0n) is 13.2. The molecule has 0 atom stereocenters. The SMILES string of the molecule is CC1CCC(OCCCC(=O)Nc2cccc(C#N)c2)CC1. The summed E-state index contributed by atoms with van der Waals surface area (Å²) < 4.78 is 5.85. The van der Waals surface area contributed by atoms with Crippen LogP contribution >= 0.6 is 0 Å². The fraction of sp³-hybridized carbons (Fsp3) is 0.556. The van der Waals surface area contributed by atoms with Crippen molar-refractivity contribution in [3.63, 3.8) is 0 Å². The molecule has 0 spiro atoms. The average molecular weight is 300 g/mol. The minimum absolute atomic E-state index is 0.0315. The van der Waals surface area contributed by atoms with Gasteiger partial charge in [-0.3, -0.25) is 4.79 Å². The van der Waals surface area contributed by atoms with E-state index < -0.39 is 0 Å². The van der Waals surface area contributed by atoms with E-state index in [0.29, 0.717) is 30.4 Å². The lowest BCUT2D eigenvalue weighted by Crippen LogP contribution is -2.21. The van der Waals surface area contributed by atoms with Crippen molar-refractivity contribution in [2.45, 2.75) is 51.6 Å². The minimum atomic E-state index is -0.0315. The van der Waals surface area contributed by atoms with Gasteiger partial charge in [0.2, 0.25) is 5.91 Å². The van der Waals surface area contributed by atoms with Gasteiger partial charge in [0.25, 0.3) is 0 Å². The van der Waals surface area contributed by atoms with E-state index in [2.05, 4.69) is 18.3 Å². The molecule has 0 bridgehead atoms. The van der Waals surface area contributed by atoms with Crippen molar-refractivity contribution in [1.82, 2.24) is 0 Å². The molecule has 1 aromatic carbocycles. The van der Waals surface area contributed by atoms with E-state index in [-0.39, 0.29) is 5.91 Å². The molecule has 0 aliphatic heterocycles. The van der Waals surface area contributed by atoms with Gasteiger partial charge in [-0.05, 0) is 56.2 Å². The van der Waals surface area contributed by atoms with Gasteiger partial charge in [0.1, 0.15) is 0 Å². The van der Waals surface area contributed by atoms with E-state index >= 15 is 0 Å². The van der Waals surface area contributed by atoms with Crippen LogP contribution in [0.1, 0.15) is 51.0 Å². The molecule has 0 radical (unpaired) electrons. The maximum atomic E-state index is 11.9. The molecule has 1 N–H and O–H groups in total. The highest BCUT2D eigenvalue weighted by molar-refractivity contribution is 5.90. The second kappa shape index (κ2) is 8.55. The molecule has 1 fully saturated rings. The Morgan fingerprint density at radius 3 is 2.86 bits per heavy atom. The van der Waals surface area contributed by atoms with Gasteiger partial charge < -0.3 is 10.1 Å². The van der Waals surface area contributed by atoms with Gasteiger partial charge >= 0.3 is 0 Å². The van der Waals surface area contributed by atoms with E-state index in [1.807, 2.05) is 0 Å². The number of carbonyl (C=O) groups is 1. The molecule has 1 saturated carbocycles. The van der Waals surface area contributed by atoms with Crippen molar-refractivity contribution in [3.8, 4) is 6.07 Å². The highest BCUT2D eigenvalue weighted by Crippen LogP contribution is 2.25. The smallest absolute Gasteiger partial charge is 0.224 e. The van der Waals surface area contributed by atoms with Gasteiger partial charge in [-0.2, -0.15) is 5.26 Å². The molecule has 1 aliphatic rings. The van der Waals surface area contributed by atoms with E-state index in [1.165, 1.54) is 12.8 Å². The third kappa shape index (κ3) is 5.50. The third-order valence-corrected chi connectivity index (χ3v) is 4.14. The zero-order chi connectivity index (χ0) is 15.8. The van der Waals surface area contributed by atoms with Gasteiger partial charge in [0.05, 0.1) is 17.7 Å². The second-order valence-corrected chi connectivity index (χ2v) is 6.10. The normalized spacial score (nSPS) is 21.1. The minimum Gasteiger partial charge on any atom is -0.378 e. The molecule has 1 amide bonds. The zero-order valence-corrected chi connectivity index (χ0v) is 13.2. The molecule has 0 unspecified atom stereocenters. The molecule has 22 heavy (non-hydrogen) atoms. The highest BCUT2D eigenvalue weighted by atomic mass is 16.5. The molecule has 4 nitrogen and oxygen atoms in total. The summed E-state index contributed by atoms with van der Waals surface area (Å²) in [4.78, 5) is 11.9. The lowest BCUT2D eigenvalue weighted by molar-refractivity contribution is -0.116. The second-order valence-electron chi connectivity index (χ2n) is 6.10. The Balaban J connectivity index is 1.62. The van der Waals surface area contributed by atoms with Crippen LogP contribution in [0, 0.1) is 17.2 Å². The number of nitriles is 1. The lowest BCUT2D eigenvalue weighted by Gasteiger charge is -2.26. The summed E-state index contributed by atoms with van der Waals surface area (Å²) >= 11 is 0. The van der Waals surface area contributed by atoms with Gasteiger partial charge in [-0.1, -0.05) is 13.0 Å². The number of rotatable bonds is 6. The van der Waals surface area contributed by atoms with Crippen molar-refractivity contribution in [3.05, 3.63) is 29.8 Å². The van der Waals surface area contributed by atoms with Gasteiger partial charge in [0.15, 0.2) is 0 Å². The van der Waals surface area contributed by atoms with Crippen LogP contribution in [-0.4, -0.2) is 18.6 Å². The first-order valence-corrected chi connectivity index (χ1v) is 8.09. The Labute approximate surface area is 132 Å². The number of nitrogens with one attached hydrogen (secondary N) is 1. The molecule has 0 heterocycles. The van der Waals surface area contributed by atoms with Gasteiger partial charge in [-0.15, -0.1) is 0 Å². The van der Waals surface area contributed by atoms with E-state index in [0.717, 1.165) is 25.2 Å². The van der Waals surface area contributed by atoms with Gasteiger partial charge in [0, 0.05) is 18.7 Å². The van der Waals surface area contributed by atoms with Gasteiger partial charge in [-0.25, -0.2) is 0 Å². The van der Waals surface area contributed by atoms with Crippen LogP contribution < -0.4 is 5.32 Å². The van der Waals surface area contributed by atoms with Crippen molar-refractivity contribution in [2.24, 2.45) is 5.92 Å². The maximum Gasteiger partial charge on any atom is 0.224 e. The van der Waals surface area contributed by atoms with Crippen LogP contribution in [0.5, 0.6) is 0 Å². The predicted molar refractivity (Wildman–Crippen MR) is 86.4 cm³/mol. The van der Waals surface area contributed by atoms with Crippen LogP contribution in [-0.2, 0) is 9.53 Å². The van der Waals surface area contributed by atoms with Crippen molar-refractivity contribution in [2.75, 3.05) is 11.9 Å². The number of carbonyl (C=O) groups excluding carboxylic acids is 1. The number of amides is 1. The fourth-order valence-electron chi connectivity index (χ4n) is 2.77. The third-order valence-electron chi connectivity index (χ3n) is 4.14. The largest absolute Gasteiger partial charge is 0.378 e. The van der Waals surface area contributed by atoms with Crippen LogP contribution in [0.2, 0.25) is 0 Å². The molecule has 4 heteroatoms. The molecule has 0 saturated heterocycles. The van der Waals surface area contributed by atoms with Crippen LogP contribution in [0.25, 0.3) is 0 Å². The lowest BCUT2D eigenvalue weighted by atomic mass is 9.89. The average Bonchev–Trinajstić information content (AvgIpc) is 2.53.